The van der Waals surface area contributed by atoms with E-state index < -0.39 is 0 Å². The van der Waals surface area contributed by atoms with Crippen LogP contribution in [-0.2, 0) is 10.8 Å². The minimum atomic E-state index is -0.113. The van der Waals surface area contributed by atoms with Gasteiger partial charge in [0.25, 0.3) is 0 Å². The van der Waals surface area contributed by atoms with Gasteiger partial charge in [0.05, 0.1) is 0 Å². The first-order valence-corrected chi connectivity index (χ1v) is 41.1. The van der Waals surface area contributed by atoms with E-state index in [1.54, 1.807) is 0 Å². The molecule has 0 N–H and O–H groups in total. The van der Waals surface area contributed by atoms with Crippen molar-refractivity contribution in [2.24, 2.45) is 0 Å². The topological polar surface area (TPSA) is 6.48 Å². The lowest BCUT2D eigenvalue weighted by molar-refractivity contribution is 0.660. The van der Waals surface area contributed by atoms with Crippen LogP contribution in [0.5, 0.6) is 0 Å². The SMILES string of the molecule is CC1(C)c2ccccc2-c2ccc(-c3ccc(-c4cc(N(c5ccc(-c6ccccc6)cc5)c5ccc(-c6ccc7ccccc7c6)cc5)ccc4-c4ccccc4)cc3)cc21.CC1(C)c2ccccc2-c2ccc(N(c3ccc(-c4ccc5ccccc5c4)cc3)c3ccc(-c4ccc(-c5ccccc5)cc4)c(-c4ccccc4)c3)cc21. The Balaban J connectivity index is 0.000000152. The summed E-state index contributed by atoms with van der Waals surface area (Å²) in [5.41, 5.74) is 39.0. The summed E-state index contributed by atoms with van der Waals surface area (Å²) in [4.78, 5) is 4.81. The molecule has 0 heterocycles. The van der Waals surface area contributed by atoms with Crippen LogP contribution < -0.4 is 9.80 Å². The van der Waals surface area contributed by atoms with Crippen LogP contribution in [0.3, 0.4) is 0 Å². The number of hydrogen-bond donors (Lipinski definition) is 0. The zero-order valence-electron chi connectivity index (χ0n) is 66.6. The lowest BCUT2D eigenvalue weighted by Gasteiger charge is -2.29. The Morgan fingerprint density at radius 1 is 0.136 bits per heavy atom. The van der Waals surface area contributed by atoms with Gasteiger partial charge in [-0.15, -0.1) is 0 Å². The predicted octanol–water partition coefficient (Wildman–Crippen LogP) is 32.2. The molecule has 19 aromatic carbocycles. The molecule has 2 heteroatoms. The van der Waals surface area contributed by atoms with Gasteiger partial charge < -0.3 is 9.80 Å². The molecule has 0 saturated carbocycles. The molecule has 118 heavy (non-hydrogen) atoms. The number of nitrogens with zero attached hydrogens (tertiary/aromatic N) is 2. The van der Waals surface area contributed by atoms with Crippen molar-refractivity contribution >= 4 is 55.7 Å². The average molecular weight is 1510 g/mol. The molecule has 0 aliphatic heterocycles. The third kappa shape index (κ3) is 13.6. The number of benzene rings is 19. The molecule has 19 aromatic rings. The Kier molecular flexibility index (Phi) is 18.7. The van der Waals surface area contributed by atoms with Crippen molar-refractivity contribution in [1.29, 1.82) is 0 Å². The molecule has 0 amide bonds. The van der Waals surface area contributed by atoms with Gasteiger partial charge in [-0.3, -0.25) is 0 Å². The molecule has 0 atom stereocenters. The van der Waals surface area contributed by atoms with Crippen LogP contribution >= 0.6 is 0 Å². The number of hydrogen-bond acceptors (Lipinski definition) is 2. The fraction of sp³-hybridized carbons (Fsp3) is 0.0517. The van der Waals surface area contributed by atoms with Gasteiger partial charge in [0, 0.05) is 45.0 Å². The van der Waals surface area contributed by atoms with Gasteiger partial charge in [0.15, 0.2) is 0 Å². The average Bonchev–Trinajstić information content (AvgIpc) is 1.57. The molecule has 0 aromatic heterocycles. The highest BCUT2D eigenvalue weighted by molar-refractivity contribution is 5.96. The Hall–Kier alpha value is -14.7. The van der Waals surface area contributed by atoms with Crippen molar-refractivity contribution in [3.05, 3.63) is 471 Å². The minimum Gasteiger partial charge on any atom is -0.310 e. The van der Waals surface area contributed by atoms with Crippen LogP contribution in [0.25, 0.3) is 144 Å². The van der Waals surface area contributed by atoms with Crippen molar-refractivity contribution in [1.82, 2.24) is 0 Å². The van der Waals surface area contributed by atoms with Crippen molar-refractivity contribution in [2.45, 2.75) is 38.5 Å². The summed E-state index contributed by atoms with van der Waals surface area (Å²) in [6.45, 7) is 9.41. The summed E-state index contributed by atoms with van der Waals surface area (Å²) < 4.78 is 0. The van der Waals surface area contributed by atoms with Gasteiger partial charge in [-0.25, -0.2) is 0 Å². The second-order valence-corrected chi connectivity index (χ2v) is 32.3. The zero-order valence-corrected chi connectivity index (χ0v) is 66.6. The fourth-order valence-electron chi connectivity index (χ4n) is 18.3. The Morgan fingerprint density at radius 3 is 0.797 bits per heavy atom. The first kappa shape index (κ1) is 72.3. The third-order valence-electron chi connectivity index (χ3n) is 24.6. The molecule has 2 aliphatic carbocycles. The molecule has 0 spiro atoms. The standard InChI is InChI=1S/C61H45N.C55H41N/c1-61(2)59-20-12-11-19-56(59)57-37-31-51(40-60(57)61)45-21-24-48(25-22-45)58-41-54(36-38-55(58)47-16-7-4-8-17-47)62(52-32-27-44(28-33-52)42-13-5-3-6-14-42)53-34-29-46(30-35-53)50-26-23-43-15-9-10-18-49(43)39-50;1-55(2)53-20-12-11-19-50(53)51-34-32-48(37-54(51)55)56(46-29-27-41(28-30-46)45-26-23-39-15-9-10-18-44(39)35-45)47-31-33-49(52(36-47)42-16-7-4-8-17-42)43-24-21-40(22-25-43)38-13-5-3-6-14-38/h3-41H,1-2H3;3-37H,1-2H3. The highest BCUT2D eigenvalue weighted by Crippen LogP contribution is 2.53. The van der Waals surface area contributed by atoms with Gasteiger partial charge in [-0.2, -0.15) is 0 Å². The molecule has 0 radical (unpaired) electrons. The molecule has 0 saturated heterocycles. The van der Waals surface area contributed by atoms with Crippen molar-refractivity contribution in [3.63, 3.8) is 0 Å². The Labute approximate surface area is 692 Å². The van der Waals surface area contributed by atoms with Gasteiger partial charge in [0.1, 0.15) is 0 Å². The molecular formula is C116H86N2. The second-order valence-electron chi connectivity index (χ2n) is 32.3. The van der Waals surface area contributed by atoms with Gasteiger partial charge in [0.2, 0.25) is 0 Å². The van der Waals surface area contributed by atoms with E-state index in [1.165, 1.54) is 166 Å². The van der Waals surface area contributed by atoms with E-state index in [1.807, 2.05) is 0 Å². The molecule has 2 aliphatic rings. The fourth-order valence-corrected chi connectivity index (χ4v) is 18.3. The van der Waals surface area contributed by atoms with Crippen molar-refractivity contribution in [3.8, 4) is 122 Å². The van der Waals surface area contributed by atoms with Crippen molar-refractivity contribution < 1.29 is 0 Å². The van der Waals surface area contributed by atoms with Gasteiger partial charge in [-0.05, 0) is 257 Å². The van der Waals surface area contributed by atoms with Gasteiger partial charge >= 0.3 is 0 Å². The highest BCUT2D eigenvalue weighted by atomic mass is 15.1. The number of anilines is 6. The first-order chi connectivity index (χ1) is 58.0. The van der Waals surface area contributed by atoms with E-state index in [4.69, 9.17) is 0 Å². The largest absolute Gasteiger partial charge is 0.310 e. The van der Waals surface area contributed by atoms with Gasteiger partial charge in [-0.1, -0.05) is 386 Å². The van der Waals surface area contributed by atoms with Crippen LogP contribution in [-0.4, -0.2) is 0 Å². The Morgan fingerprint density at radius 2 is 0.373 bits per heavy atom. The summed E-state index contributed by atoms with van der Waals surface area (Å²) >= 11 is 0. The van der Waals surface area contributed by atoms with E-state index in [2.05, 4.69) is 486 Å². The normalized spacial score (nSPS) is 12.5. The van der Waals surface area contributed by atoms with E-state index in [0.717, 1.165) is 34.1 Å². The molecule has 0 unspecified atom stereocenters. The lowest BCUT2D eigenvalue weighted by atomic mass is 9.81. The van der Waals surface area contributed by atoms with Crippen LogP contribution in [0.15, 0.2) is 449 Å². The highest BCUT2D eigenvalue weighted by Gasteiger charge is 2.37. The van der Waals surface area contributed by atoms with Crippen LogP contribution in [0.2, 0.25) is 0 Å². The summed E-state index contributed by atoms with van der Waals surface area (Å²) in [5, 5.41) is 5.00. The maximum absolute atomic E-state index is 2.43. The maximum atomic E-state index is 2.43. The number of rotatable bonds is 15. The second kappa shape index (κ2) is 30.6. The molecule has 560 valence electrons. The molecular weight excluding hydrogens is 1420 g/mol. The zero-order chi connectivity index (χ0) is 79.3. The van der Waals surface area contributed by atoms with Crippen LogP contribution in [0.1, 0.15) is 49.9 Å². The first-order valence-electron chi connectivity index (χ1n) is 41.1. The van der Waals surface area contributed by atoms with E-state index in [0.29, 0.717) is 0 Å². The van der Waals surface area contributed by atoms with E-state index in [-0.39, 0.29) is 10.8 Å². The molecule has 0 bridgehead atoms. The summed E-state index contributed by atoms with van der Waals surface area (Å²) in [5.74, 6) is 0. The van der Waals surface area contributed by atoms with E-state index in [9.17, 15) is 0 Å². The predicted molar refractivity (Wildman–Crippen MR) is 501 cm³/mol. The number of fused-ring (bicyclic) bond motifs is 8. The molecule has 2 nitrogen and oxygen atoms in total. The van der Waals surface area contributed by atoms with Crippen molar-refractivity contribution in [2.75, 3.05) is 9.80 Å². The summed E-state index contributed by atoms with van der Waals surface area (Å²) in [6, 6.07) is 164. The minimum absolute atomic E-state index is 0.0442. The lowest BCUT2D eigenvalue weighted by Crippen LogP contribution is -2.16. The molecule has 0 fully saturated rings. The summed E-state index contributed by atoms with van der Waals surface area (Å²) in [6.07, 6.45) is 0. The monoisotopic (exact) mass is 1510 g/mol. The Bertz CT molecular complexity index is 6910. The van der Waals surface area contributed by atoms with Crippen LogP contribution in [0, 0.1) is 0 Å². The third-order valence-corrected chi connectivity index (χ3v) is 24.6. The summed E-state index contributed by atoms with van der Waals surface area (Å²) in [7, 11) is 0. The van der Waals surface area contributed by atoms with E-state index >= 15 is 0 Å². The smallest absolute Gasteiger partial charge is 0.0468 e. The maximum Gasteiger partial charge on any atom is 0.0468 e. The van der Waals surface area contributed by atoms with Crippen LogP contribution in [0.4, 0.5) is 34.1 Å². The molecule has 21 rings (SSSR count). The quantitative estimate of drug-likeness (QED) is 0.101.